The van der Waals surface area contributed by atoms with Crippen molar-refractivity contribution in [2.45, 2.75) is 44.6 Å². The molecule has 1 heterocycles. The van der Waals surface area contributed by atoms with Gasteiger partial charge in [0.15, 0.2) is 0 Å². The lowest BCUT2D eigenvalue weighted by Crippen LogP contribution is -2.48. The van der Waals surface area contributed by atoms with E-state index in [4.69, 9.17) is 4.74 Å². The number of likely N-dealkylation sites (tertiary alicyclic amines) is 1. The molecule has 1 atom stereocenters. The van der Waals surface area contributed by atoms with Crippen LogP contribution in [0.15, 0.2) is 0 Å². The Morgan fingerprint density at radius 3 is 2.62 bits per heavy atom. The predicted molar refractivity (Wildman–Crippen MR) is 58.7 cm³/mol. The third-order valence-corrected chi connectivity index (χ3v) is 3.46. The molecule has 0 N–H and O–H groups in total. The van der Waals surface area contributed by atoms with Crippen LogP contribution in [0.3, 0.4) is 0 Å². The summed E-state index contributed by atoms with van der Waals surface area (Å²) in [4.78, 5) is 25.3. The first-order valence-corrected chi connectivity index (χ1v) is 6.09. The van der Waals surface area contributed by atoms with Crippen LogP contribution in [0.1, 0.15) is 38.5 Å². The normalized spacial score (nSPS) is 25.3. The van der Waals surface area contributed by atoms with Gasteiger partial charge in [-0.15, -0.1) is 0 Å². The number of esters is 1. The maximum atomic E-state index is 12.0. The fourth-order valence-corrected chi connectivity index (χ4v) is 2.30. The zero-order chi connectivity index (χ0) is 11.5. The standard InChI is InChI=1S/C12H19NO3/c1-16-12(15)10-4-2-3-7-13(10)11(14)8-9-5-6-9/h9-10H,2-8H2,1H3/t10-/m1/s1. The molecule has 1 saturated heterocycles. The van der Waals surface area contributed by atoms with Crippen molar-refractivity contribution in [2.75, 3.05) is 13.7 Å². The molecular weight excluding hydrogens is 206 g/mol. The van der Waals surface area contributed by atoms with Crippen LogP contribution in [-0.4, -0.2) is 36.5 Å². The van der Waals surface area contributed by atoms with E-state index in [1.54, 1.807) is 4.90 Å². The number of amides is 1. The van der Waals surface area contributed by atoms with Crippen LogP contribution in [0.4, 0.5) is 0 Å². The van der Waals surface area contributed by atoms with E-state index in [2.05, 4.69) is 0 Å². The molecule has 0 aromatic heterocycles. The molecule has 0 unspecified atom stereocenters. The molecule has 0 spiro atoms. The number of piperidine rings is 1. The van der Waals surface area contributed by atoms with Gasteiger partial charge in [-0.05, 0) is 38.0 Å². The van der Waals surface area contributed by atoms with Crippen molar-refractivity contribution in [3.8, 4) is 0 Å². The second-order valence-corrected chi connectivity index (χ2v) is 4.77. The van der Waals surface area contributed by atoms with Crippen LogP contribution in [0.25, 0.3) is 0 Å². The van der Waals surface area contributed by atoms with E-state index in [0.717, 1.165) is 19.3 Å². The highest BCUT2D eigenvalue weighted by Gasteiger charge is 2.35. The van der Waals surface area contributed by atoms with Crippen molar-refractivity contribution in [1.29, 1.82) is 0 Å². The Balaban J connectivity index is 1.96. The molecule has 1 aliphatic heterocycles. The summed E-state index contributed by atoms with van der Waals surface area (Å²) in [7, 11) is 1.39. The first-order valence-electron chi connectivity index (χ1n) is 6.09. The predicted octanol–water partition coefficient (Wildman–Crippen LogP) is 1.34. The Kier molecular flexibility index (Phi) is 3.46. The lowest BCUT2D eigenvalue weighted by atomic mass is 10.0. The number of hydrogen-bond acceptors (Lipinski definition) is 3. The smallest absolute Gasteiger partial charge is 0.328 e. The van der Waals surface area contributed by atoms with Crippen LogP contribution in [0, 0.1) is 5.92 Å². The fourth-order valence-electron chi connectivity index (χ4n) is 2.30. The lowest BCUT2D eigenvalue weighted by molar-refractivity contribution is -0.154. The maximum absolute atomic E-state index is 12.0. The van der Waals surface area contributed by atoms with E-state index in [9.17, 15) is 9.59 Å². The molecule has 90 valence electrons. The third-order valence-electron chi connectivity index (χ3n) is 3.46. The summed E-state index contributed by atoms with van der Waals surface area (Å²) in [6.45, 7) is 0.714. The summed E-state index contributed by atoms with van der Waals surface area (Å²) in [5.41, 5.74) is 0. The number of nitrogens with zero attached hydrogens (tertiary/aromatic N) is 1. The van der Waals surface area contributed by atoms with Gasteiger partial charge in [0.05, 0.1) is 7.11 Å². The van der Waals surface area contributed by atoms with E-state index < -0.39 is 0 Å². The molecule has 0 radical (unpaired) electrons. The lowest BCUT2D eigenvalue weighted by Gasteiger charge is -2.33. The van der Waals surface area contributed by atoms with Crippen molar-refractivity contribution in [3.05, 3.63) is 0 Å². The van der Waals surface area contributed by atoms with Crippen molar-refractivity contribution in [3.63, 3.8) is 0 Å². The molecule has 0 bridgehead atoms. The minimum absolute atomic E-state index is 0.137. The summed E-state index contributed by atoms with van der Waals surface area (Å²) in [6.07, 6.45) is 5.72. The SMILES string of the molecule is COC(=O)[C@H]1CCCCN1C(=O)CC1CC1. The highest BCUT2D eigenvalue weighted by Crippen LogP contribution is 2.33. The summed E-state index contributed by atoms with van der Waals surface area (Å²) in [5.74, 6) is 0.453. The first kappa shape index (κ1) is 11.4. The van der Waals surface area contributed by atoms with Crippen molar-refractivity contribution in [1.82, 2.24) is 4.90 Å². The largest absolute Gasteiger partial charge is 0.467 e. The molecule has 4 nitrogen and oxygen atoms in total. The van der Waals surface area contributed by atoms with Gasteiger partial charge in [-0.3, -0.25) is 4.79 Å². The van der Waals surface area contributed by atoms with Crippen LogP contribution >= 0.6 is 0 Å². The van der Waals surface area contributed by atoms with E-state index in [1.165, 1.54) is 20.0 Å². The van der Waals surface area contributed by atoms with E-state index in [1.807, 2.05) is 0 Å². The van der Waals surface area contributed by atoms with E-state index in [-0.39, 0.29) is 17.9 Å². The zero-order valence-corrected chi connectivity index (χ0v) is 9.78. The van der Waals surface area contributed by atoms with Gasteiger partial charge >= 0.3 is 5.97 Å². The Morgan fingerprint density at radius 2 is 2.00 bits per heavy atom. The van der Waals surface area contributed by atoms with E-state index >= 15 is 0 Å². The second kappa shape index (κ2) is 4.85. The molecule has 0 aromatic carbocycles. The molecule has 2 rings (SSSR count). The molecule has 1 saturated carbocycles. The van der Waals surface area contributed by atoms with Gasteiger partial charge in [0.2, 0.25) is 5.91 Å². The van der Waals surface area contributed by atoms with Crippen molar-refractivity contribution in [2.24, 2.45) is 5.92 Å². The maximum Gasteiger partial charge on any atom is 0.328 e. The van der Waals surface area contributed by atoms with E-state index in [0.29, 0.717) is 18.9 Å². The minimum atomic E-state index is -0.329. The van der Waals surface area contributed by atoms with Crippen molar-refractivity contribution < 1.29 is 14.3 Å². The molecule has 0 aromatic rings. The van der Waals surface area contributed by atoms with Gasteiger partial charge < -0.3 is 9.64 Å². The summed E-state index contributed by atoms with van der Waals surface area (Å²) in [5, 5.41) is 0. The average Bonchev–Trinajstić information content (AvgIpc) is 3.12. The number of rotatable bonds is 3. The zero-order valence-electron chi connectivity index (χ0n) is 9.78. The Labute approximate surface area is 95.9 Å². The van der Waals surface area contributed by atoms with Gasteiger partial charge in [-0.25, -0.2) is 4.79 Å². The average molecular weight is 225 g/mol. The Morgan fingerprint density at radius 1 is 1.25 bits per heavy atom. The summed E-state index contributed by atoms with van der Waals surface area (Å²) in [6, 6.07) is -0.329. The van der Waals surface area contributed by atoms with Crippen molar-refractivity contribution >= 4 is 11.9 Å². The number of ether oxygens (including phenoxy) is 1. The molecule has 1 amide bonds. The summed E-state index contributed by atoms with van der Waals surface area (Å²) >= 11 is 0. The minimum Gasteiger partial charge on any atom is -0.467 e. The Bertz CT molecular complexity index is 286. The van der Waals surface area contributed by atoms with Gasteiger partial charge in [-0.2, -0.15) is 0 Å². The first-order chi connectivity index (χ1) is 7.72. The number of hydrogen-bond donors (Lipinski definition) is 0. The molecular formula is C12H19NO3. The molecule has 16 heavy (non-hydrogen) atoms. The fraction of sp³-hybridized carbons (Fsp3) is 0.833. The van der Waals surface area contributed by atoms with Crippen LogP contribution in [-0.2, 0) is 14.3 Å². The second-order valence-electron chi connectivity index (χ2n) is 4.77. The number of carbonyl (C=O) groups is 2. The highest BCUT2D eigenvalue weighted by molar-refractivity contribution is 5.85. The monoisotopic (exact) mass is 225 g/mol. The van der Waals surface area contributed by atoms with Gasteiger partial charge in [0, 0.05) is 13.0 Å². The van der Waals surface area contributed by atoms with Crippen LogP contribution in [0.2, 0.25) is 0 Å². The quantitative estimate of drug-likeness (QED) is 0.681. The topological polar surface area (TPSA) is 46.6 Å². The molecule has 2 fully saturated rings. The molecule has 2 aliphatic rings. The molecule has 1 aliphatic carbocycles. The van der Waals surface area contributed by atoms with Crippen LogP contribution in [0.5, 0.6) is 0 Å². The summed E-state index contributed by atoms with van der Waals surface area (Å²) < 4.78 is 4.76. The number of carbonyl (C=O) groups excluding carboxylic acids is 2. The Hall–Kier alpha value is -1.06. The number of methoxy groups -OCH3 is 1. The molecule has 4 heteroatoms. The van der Waals surface area contributed by atoms with Crippen LogP contribution < -0.4 is 0 Å². The van der Waals surface area contributed by atoms with Gasteiger partial charge in [0.25, 0.3) is 0 Å². The van der Waals surface area contributed by atoms with Gasteiger partial charge in [0.1, 0.15) is 6.04 Å². The highest BCUT2D eigenvalue weighted by atomic mass is 16.5. The third kappa shape index (κ3) is 2.54. The van der Waals surface area contributed by atoms with Gasteiger partial charge in [-0.1, -0.05) is 0 Å².